The van der Waals surface area contributed by atoms with E-state index in [4.69, 9.17) is 39.5 Å². The highest BCUT2D eigenvalue weighted by atomic mass is 32.3. The molecule has 146 valence electrons. The van der Waals surface area contributed by atoms with Gasteiger partial charge in [0.1, 0.15) is 6.54 Å². The summed E-state index contributed by atoms with van der Waals surface area (Å²) in [7, 11) is -3.23. The van der Waals surface area contributed by atoms with Crippen molar-refractivity contribution in [2.45, 2.75) is 6.42 Å². The van der Waals surface area contributed by atoms with Gasteiger partial charge in [-0.3, -0.25) is 19.3 Å². The topological polar surface area (TPSA) is 207 Å². The van der Waals surface area contributed by atoms with Gasteiger partial charge in [-0.05, 0) is 24.6 Å². The monoisotopic (exact) mass is 389 g/mol. The van der Waals surface area contributed by atoms with E-state index in [-0.39, 0.29) is 12.5 Å². The Hall–Kier alpha value is -2.67. The van der Waals surface area contributed by atoms with Gasteiger partial charge in [0, 0.05) is 24.1 Å². The minimum atomic E-state index is -4.67. The van der Waals surface area contributed by atoms with Crippen molar-refractivity contribution in [3.05, 3.63) is 36.0 Å². The summed E-state index contributed by atoms with van der Waals surface area (Å²) < 4.78 is 31.6. The number of carbonyl (C=O) groups is 1. The highest BCUT2D eigenvalue weighted by Crippen LogP contribution is 2.17. The summed E-state index contributed by atoms with van der Waals surface area (Å²) in [6.07, 6.45) is 2.99. The average Bonchev–Trinajstić information content (AvgIpc) is 2.89. The lowest BCUT2D eigenvalue weighted by molar-refractivity contribution is -0.137. The minimum absolute atomic E-state index is 0.227. The maximum Gasteiger partial charge on any atom is 0.394 e. The third-order valence-electron chi connectivity index (χ3n) is 2.87. The normalized spacial score (nSPS) is 10.2. The van der Waals surface area contributed by atoms with Crippen molar-refractivity contribution in [1.29, 1.82) is 5.41 Å². The first-order chi connectivity index (χ1) is 12.0. The lowest BCUT2D eigenvalue weighted by atomic mass is 10.1. The van der Waals surface area contributed by atoms with E-state index >= 15 is 0 Å². The number of hydrogen-bond donors (Lipinski definition) is 7. The number of para-hydroxylation sites is 1. The molecule has 0 atom stereocenters. The van der Waals surface area contributed by atoms with Crippen LogP contribution in [0.4, 0.5) is 0 Å². The minimum Gasteiger partial charge on any atom is -0.480 e. The molecule has 0 fully saturated rings. The number of likely N-dealkylation sites (N-methyl/N-ethyl adjacent to an activating group) is 1. The van der Waals surface area contributed by atoms with Gasteiger partial charge in [-0.1, -0.05) is 18.2 Å². The Balaban J connectivity index is 0.000000397. The van der Waals surface area contributed by atoms with E-state index in [2.05, 4.69) is 23.2 Å². The number of guanidine groups is 1. The van der Waals surface area contributed by atoms with Gasteiger partial charge >= 0.3 is 16.4 Å². The summed E-state index contributed by atoms with van der Waals surface area (Å²) in [5, 5.41) is 16.2. The van der Waals surface area contributed by atoms with E-state index in [1.165, 1.54) is 23.5 Å². The van der Waals surface area contributed by atoms with Crippen LogP contribution >= 0.6 is 0 Å². The van der Waals surface area contributed by atoms with E-state index in [0.29, 0.717) is 6.54 Å². The van der Waals surface area contributed by atoms with Crippen molar-refractivity contribution in [2.24, 2.45) is 11.5 Å². The van der Waals surface area contributed by atoms with Crippen LogP contribution in [-0.4, -0.2) is 64.6 Å². The van der Waals surface area contributed by atoms with Crippen LogP contribution < -0.4 is 11.5 Å². The molecular formula is C14H23N5O6S. The van der Waals surface area contributed by atoms with Crippen molar-refractivity contribution < 1.29 is 27.4 Å². The van der Waals surface area contributed by atoms with Gasteiger partial charge in [0.25, 0.3) is 0 Å². The number of aromatic nitrogens is 1. The largest absolute Gasteiger partial charge is 0.480 e. The van der Waals surface area contributed by atoms with Crippen molar-refractivity contribution in [3.63, 3.8) is 0 Å². The number of carboxylic acids is 1. The van der Waals surface area contributed by atoms with Crippen molar-refractivity contribution in [3.8, 4) is 0 Å². The second-order valence-corrected chi connectivity index (χ2v) is 5.88. The fourth-order valence-corrected chi connectivity index (χ4v) is 1.78. The third-order valence-corrected chi connectivity index (χ3v) is 2.87. The molecule has 0 spiro atoms. The molecule has 11 nitrogen and oxygen atoms in total. The quantitative estimate of drug-likeness (QED) is 0.211. The standard InChI is InChI=1S/C10H12N2.C4H9N3O2.H2O4S/c11-6-5-8-7-12-10-4-2-1-3-9(8)10;1-7(4(5)6)2-3(8)9;1-5(2,3)4/h1-4,7,12H,5-6,11H2;2H2,1H3,(H3,5,6)(H,8,9);(H2,1,2,3,4). The molecule has 0 saturated heterocycles. The SMILES string of the molecule is CN(CC(=O)O)C(=N)N.NCCc1c[nH]c2ccccc12.O=S(=O)(O)O. The predicted octanol–water partition coefficient (Wildman–Crippen LogP) is -0.0874. The zero-order chi connectivity index (χ0) is 20.3. The molecule has 0 aliphatic rings. The van der Waals surface area contributed by atoms with Gasteiger partial charge in [-0.15, -0.1) is 0 Å². The first-order valence-electron chi connectivity index (χ1n) is 7.17. The van der Waals surface area contributed by atoms with Crippen LogP contribution in [0.3, 0.4) is 0 Å². The Morgan fingerprint density at radius 2 is 1.85 bits per heavy atom. The lowest BCUT2D eigenvalue weighted by Gasteiger charge is -2.12. The van der Waals surface area contributed by atoms with E-state index in [1.54, 1.807) is 0 Å². The Labute approximate surface area is 150 Å². The first kappa shape index (κ1) is 23.3. The molecule has 1 heterocycles. The van der Waals surface area contributed by atoms with Gasteiger partial charge in [0.15, 0.2) is 5.96 Å². The Bertz CT molecular complexity index is 812. The highest BCUT2D eigenvalue weighted by molar-refractivity contribution is 7.79. The Morgan fingerprint density at radius 3 is 2.27 bits per heavy atom. The maximum absolute atomic E-state index is 9.92. The second-order valence-electron chi connectivity index (χ2n) is 4.98. The van der Waals surface area contributed by atoms with Crippen LogP contribution in [-0.2, 0) is 21.6 Å². The average molecular weight is 389 g/mol. The fraction of sp³-hybridized carbons (Fsp3) is 0.286. The second kappa shape index (κ2) is 11.0. The summed E-state index contributed by atoms with van der Waals surface area (Å²) in [5.41, 5.74) is 12.9. The third kappa shape index (κ3) is 11.0. The first-order valence-corrected chi connectivity index (χ1v) is 8.57. The number of nitrogens with two attached hydrogens (primary N) is 2. The number of aliphatic carboxylic acids is 1. The highest BCUT2D eigenvalue weighted by Gasteiger charge is 2.03. The molecule has 2 aromatic rings. The summed E-state index contributed by atoms with van der Waals surface area (Å²) in [6.45, 7) is 0.483. The van der Waals surface area contributed by atoms with Crippen molar-refractivity contribution >= 4 is 33.2 Å². The molecule has 12 heteroatoms. The Morgan fingerprint density at radius 1 is 1.31 bits per heavy atom. The van der Waals surface area contributed by atoms with Crippen LogP contribution in [0.1, 0.15) is 5.56 Å². The van der Waals surface area contributed by atoms with E-state index < -0.39 is 16.4 Å². The zero-order valence-electron chi connectivity index (χ0n) is 14.1. The van der Waals surface area contributed by atoms with Crippen molar-refractivity contribution in [2.75, 3.05) is 20.1 Å². The fourth-order valence-electron chi connectivity index (χ4n) is 1.78. The van der Waals surface area contributed by atoms with Crippen LogP contribution in [0.15, 0.2) is 30.5 Å². The van der Waals surface area contributed by atoms with E-state index in [0.717, 1.165) is 11.3 Å². The number of benzene rings is 1. The van der Waals surface area contributed by atoms with Gasteiger partial charge in [-0.25, -0.2) is 0 Å². The van der Waals surface area contributed by atoms with Crippen molar-refractivity contribution in [1.82, 2.24) is 9.88 Å². The van der Waals surface area contributed by atoms with Crippen LogP contribution in [0.25, 0.3) is 10.9 Å². The van der Waals surface area contributed by atoms with Gasteiger partial charge in [0.2, 0.25) is 0 Å². The summed E-state index contributed by atoms with van der Waals surface area (Å²) in [4.78, 5) is 14.3. The smallest absolute Gasteiger partial charge is 0.394 e. The molecule has 0 amide bonds. The molecule has 2 rings (SSSR count). The number of H-pyrrole nitrogens is 1. The number of nitrogens with one attached hydrogen (secondary N) is 2. The molecule has 1 aromatic carbocycles. The van der Waals surface area contributed by atoms with E-state index in [9.17, 15) is 4.79 Å². The molecule has 0 aliphatic carbocycles. The van der Waals surface area contributed by atoms with Crippen LogP contribution in [0, 0.1) is 5.41 Å². The van der Waals surface area contributed by atoms with Crippen LogP contribution in [0.5, 0.6) is 0 Å². The number of carboxylic acid groups (broad SMARTS) is 1. The molecule has 9 N–H and O–H groups in total. The molecule has 0 saturated carbocycles. The van der Waals surface area contributed by atoms with E-state index in [1.807, 2.05) is 12.3 Å². The lowest BCUT2D eigenvalue weighted by Crippen LogP contribution is -2.36. The maximum atomic E-state index is 9.92. The molecular weight excluding hydrogens is 366 g/mol. The number of fused-ring (bicyclic) bond motifs is 1. The predicted molar refractivity (Wildman–Crippen MR) is 97.4 cm³/mol. The molecule has 26 heavy (non-hydrogen) atoms. The van der Waals surface area contributed by atoms with Gasteiger partial charge in [0.05, 0.1) is 0 Å². The molecule has 1 aromatic heterocycles. The van der Waals surface area contributed by atoms with Gasteiger partial charge in [-0.2, -0.15) is 8.42 Å². The van der Waals surface area contributed by atoms with Crippen LogP contribution in [0.2, 0.25) is 0 Å². The molecule has 0 bridgehead atoms. The molecule has 0 unspecified atom stereocenters. The van der Waals surface area contributed by atoms with Gasteiger partial charge < -0.3 is 26.5 Å². The Kier molecular flexibility index (Phi) is 9.91. The number of rotatable bonds is 4. The summed E-state index contributed by atoms with van der Waals surface area (Å²) >= 11 is 0. The number of aromatic amines is 1. The molecule has 0 radical (unpaired) electrons. The number of hydrogen-bond acceptors (Lipinski definition) is 5. The molecule has 0 aliphatic heterocycles. The zero-order valence-corrected chi connectivity index (χ0v) is 14.9. The summed E-state index contributed by atoms with van der Waals surface area (Å²) in [5.74, 6) is -1.23. The number of nitrogens with zero attached hydrogens (tertiary/aromatic N) is 1. The summed E-state index contributed by atoms with van der Waals surface area (Å²) in [6, 6.07) is 8.29.